The van der Waals surface area contributed by atoms with E-state index in [1.165, 1.54) is 12.1 Å². The lowest BCUT2D eigenvalue weighted by molar-refractivity contribution is 0.120. The van der Waals surface area contributed by atoms with Gasteiger partial charge in [-0.05, 0) is 31.9 Å². The number of anilines is 2. The van der Waals surface area contributed by atoms with Crippen molar-refractivity contribution in [1.82, 2.24) is 4.90 Å². The Morgan fingerprint density at radius 2 is 2.27 bits per heavy atom. The number of nitrogens with two attached hydrogens (primary N) is 1. The van der Waals surface area contributed by atoms with Gasteiger partial charge in [0.2, 0.25) is 0 Å². The first-order valence-electron chi connectivity index (χ1n) is 8.21. The predicted molar refractivity (Wildman–Crippen MR) is 89.6 cm³/mol. The molecule has 0 amide bonds. The largest absolute Gasteiger partial charge is 0.489 e. The molecule has 5 nitrogen and oxygen atoms in total. The summed E-state index contributed by atoms with van der Waals surface area (Å²) in [5.41, 5.74) is 7.81. The first-order valence-corrected chi connectivity index (χ1v) is 8.21. The second kappa shape index (κ2) is 6.75. The Hall–Kier alpha value is -1.46. The van der Waals surface area contributed by atoms with Gasteiger partial charge in [-0.3, -0.25) is 4.90 Å². The van der Waals surface area contributed by atoms with E-state index in [0.29, 0.717) is 12.1 Å². The van der Waals surface area contributed by atoms with E-state index in [9.17, 15) is 0 Å². The zero-order valence-electron chi connectivity index (χ0n) is 13.6. The number of nitrogen functional groups attached to an aromatic ring is 1. The van der Waals surface area contributed by atoms with Crippen LogP contribution < -0.4 is 15.4 Å². The van der Waals surface area contributed by atoms with Crippen LogP contribution in [0.1, 0.15) is 19.8 Å². The van der Waals surface area contributed by atoms with Crippen LogP contribution >= 0.6 is 0 Å². The molecular formula is C17H27N3O2. The highest BCUT2D eigenvalue weighted by molar-refractivity contribution is 5.66. The van der Waals surface area contributed by atoms with Gasteiger partial charge in [-0.25, -0.2) is 0 Å². The quantitative estimate of drug-likeness (QED) is 0.666. The highest BCUT2D eigenvalue weighted by Crippen LogP contribution is 2.36. The number of ether oxygens (including phenoxy) is 2. The molecule has 2 aliphatic heterocycles. The number of hydrogen-bond acceptors (Lipinski definition) is 5. The number of rotatable bonds is 5. The highest BCUT2D eigenvalue weighted by Gasteiger charge is 2.34. The molecule has 22 heavy (non-hydrogen) atoms. The lowest BCUT2D eigenvalue weighted by Gasteiger charge is -2.47. The molecule has 2 N–H and O–H groups in total. The van der Waals surface area contributed by atoms with E-state index in [1.54, 1.807) is 7.11 Å². The monoisotopic (exact) mass is 305 g/mol. The van der Waals surface area contributed by atoms with Crippen molar-refractivity contribution < 1.29 is 9.47 Å². The standard InChI is InChI=1S/C17H27N3O2/c1-13(4-3-9-21-2)19-7-8-20-15(11-19)12-22-17-10-14(18)5-6-16(17)20/h5-6,10,13,15H,3-4,7-9,11-12,18H2,1-2H3/t13?,15-/m1/s1. The van der Waals surface area contributed by atoms with Crippen LogP contribution in [-0.4, -0.2) is 56.9 Å². The van der Waals surface area contributed by atoms with Crippen molar-refractivity contribution >= 4 is 11.4 Å². The smallest absolute Gasteiger partial charge is 0.144 e. The molecule has 1 aromatic carbocycles. The van der Waals surface area contributed by atoms with E-state index >= 15 is 0 Å². The summed E-state index contributed by atoms with van der Waals surface area (Å²) in [6.07, 6.45) is 2.32. The van der Waals surface area contributed by atoms with Crippen LogP contribution in [0.3, 0.4) is 0 Å². The number of nitrogens with zero attached hydrogens (tertiary/aromatic N) is 2. The number of hydrogen-bond donors (Lipinski definition) is 1. The minimum absolute atomic E-state index is 0.440. The molecule has 0 spiro atoms. The highest BCUT2D eigenvalue weighted by atomic mass is 16.5. The van der Waals surface area contributed by atoms with Crippen LogP contribution in [0.5, 0.6) is 5.75 Å². The molecule has 2 aliphatic rings. The average Bonchev–Trinajstić information content (AvgIpc) is 2.54. The third kappa shape index (κ3) is 3.15. The summed E-state index contributed by atoms with van der Waals surface area (Å²) >= 11 is 0. The van der Waals surface area contributed by atoms with Crippen LogP contribution in [0.4, 0.5) is 11.4 Å². The number of benzene rings is 1. The fourth-order valence-electron chi connectivity index (χ4n) is 3.51. The zero-order valence-corrected chi connectivity index (χ0v) is 13.6. The average molecular weight is 305 g/mol. The summed E-state index contributed by atoms with van der Waals surface area (Å²) < 4.78 is 11.1. The molecule has 122 valence electrons. The topological polar surface area (TPSA) is 51.0 Å². The Kier molecular flexibility index (Phi) is 4.74. The van der Waals surface area contributed by atoms with Crippen LogP contribution in [-0.2, 0) is 4.74 Å². The normalized spacial score (nSPS) is 22.6. The maximum Gasteiger partial charge on any atom is 0.144 e. The maximum absolute atomic E-state index is 5.93. The summed E-state index contributed by atoms with van der Waals surface area (Å²) in [6.45, 7) is 7.15. The Balaban J connectivity index is 1.62. The Bertz CT molecular complexity index is 509. The third-order valence-electron chi connectivity index (χ3n) is 4.83. The van der Waals surface area contributed by atoms with E-state index in [-0.39, 0.29) is 0 Å². The van der Waals surface area contributed by atoms with Gasteiger partial charge < -0.3 is 20.1 Å². The first-order chi connectivity index (χ1) is 10.7. The minimum Gasteiger partial charge on any atom is -0.489 e. The second-order valence-electron chi connectivity index (χ2n) is 6.36. The Morgan fingerprint density at radius 1 is 1.41 bits per heavy atom. The first kappa shape index (κ1) is 15.4. The van der Waals surface area contributed by atoms with E-state index in [0.717, 1.165) is 50.7 Å². The molecule has 1 aromatic rings. The zero-order chi connectivity index (χ0) is 15.5. The van der Waals surface area contributed by atoms with Crippen molar-refractivity contribution in [3.63, 3.8) is 0 Å². The summed E-state index contributed by atoms with van der Waals surface area (Å²) in [5, 5.41) is 0. The van der Waals surface area contributed by atoms with Gasteiger partial charge >= 0.3 is 0 Å². The molecule has 0 aromatic heterocycles. The third-order valence-corrected chi connectivity index (χ3v) is 4.83. The fraction of sp³-hybridized carbons (Fsp3) is 0.647. The van der Waals surface area contributed by atoms with Gasteiger partial charge in [0.25, 0.3) is 0 Å². The Morgan fingerprint density at radius 3 is 3.09 bits per heavy atom. The van der Waals surface area contributed by atoms with E-state index in [1.807, 2.05) is 12.1 Å². The summed E-state index contributed by atoms with van der Waals surface area (Å²) in [5.74, 6) is 0.929. The molecule has 0 aliphatic carbocycles. The summed E-state index contributed by atoms with van der Waals surface area (Å²) in [6, 6.07) is 7.03. The molecule has 1 fully saturated rings. The molecule has 0 saturated carbocycles. The lowest BCUT2D eigenvalue weighted by Crippen LogP contribution is -2.58. The molecular weight excluding hydrogens is 278 g/mol. The van der Waals surface area contributed by atoms with Crippen LogP contribution in [0.2, 0.25) is 0 Å². The van der Waals surface area contributed by atoms with Gasteiger partial charge in [0.15, 0.2) is 0 Å². The molecule has 3 rings (SSSR count). The van der Waals surface area contributed by atoms with Gasteiger partial charge in [-0.15, -0.1) is 0 Å². The molecule has 1 saturated heterocycles. The van der Waals surface area contributed by atoms with Crippen molar-refractivity contribution in [2.75, 3.05) is 50.6 Å². The van der Waals surface area contributed by atoms with Crippen LogP contribution in [0, 0.1) is 0 Å². The maximum atomic E-state index is 5.93. The second-order valence-corrected chi connectivity index (χ2v) is 6.36. The fourth-order valence-corrected chi connectivity index (χ4v) is 3.51. The predicted octanol–water partition coefficient (Wildman–Crippen LogP) is 1.97. The molecule has 2 heterocycles. The molecule has 0 radical (unpaired) electrons. The van der Waals surface area contributed by atoms with Crippen LogP contribution in [0.25, 0.3) is 0 Å². The van der Waals surface area contributed by atoms with Crippen molar-refractivity contribution in [1.29, 1.82) is 0 Å². The van der Waals surface area contributed by atoms with Crippen molar-refractivity contribution in [2.24, 2.45) is 0 Å². The van der Waals surface area contributed by atoms with Gasteiger partial charge in [0.1, 0.15) is 12.4 Å². The van der Waals surface area contributed by atoms with E-state index in [2.05, 4.69) is 22.8 Å². The lowest BCUT2D eigenvalue weighted by atomic mass is 10.0. The minimum atomic E-state index is 0.440. The van der Waals surface area contributed by atoms with Crippen molar-refractivity contribution in [3.8, 4) is 5.75 Å². The van der Waals surface area contributed by atoms with Gasteiger partial charge in [-0.2, -0.15) is 0 Å². The summed E-state index contributed by atoms with van der Waals surface area (Å²) in [4.78, 5) is 5.07. The number of fused-ring (bicyclic) bond motifs is 3. The van der Waals surface area contributed by atoms with Crippen molar-refractivity contribution in [2.45, 2.75) is 31.8 Å². The van der Waals surface area contributed by atoms with Gasteiger partial charge in [0.05, 0.1) is 11.7 Å². The molecule has 5 heteroatoms. The molecule has 2 atom stereocenters. The van der Waals surface area contributed by atoms with Gasteiger partial charge in [0, 0.05) is 51.1 Å². The van der Waals surface area contributed by atoms with Crippen molar-refractivity contribution in [3.05, 3.63) is 18.2 Å². The molecule has 1 unspecified atom stereocenters. The van der Waals surface area contributed by atoms with E-state index in [4.69, 9.17) is 15.2 Å². The van der Waals surface area contributed by atoms with Crippen LogP contribution in [0.15, 0.2) is 18.2 Å². The van der Waals surface area contributed by atoms with Gasteiger partial charge in [-0.1, -0.05) is 0 Å². The molecule has 0 bridgehead atoms. The SMILES string of the molecule is COCCCC(C)N1CCN2c3ccc(N)cc3OC[C@H]2C1. The van der Waals surface area contributed by atoms with E-state index < -0.39 is 0 Å². The summed E-state index contributed by atoms with van der Waals surface area (Å²) in [7, 11) is 1.77. The Labute approximate surface area is 133 Å². The number of methoxy groups -OCH3 is 1. The number of piperazine rings is 1.